The number of rotatable bonds is 8. The lowest BCUT2D eigenvalue weighted by molar-refractivity contribution is -0.120. The normalized spacial score (nSPS) is 25.5. The van der Waals surface area contributed by atoms with E-state index in [1.807, 2.05) is 23.5 Å². The highest BCUT2D eigenvalue weighted by atomic mass is 35.5. The summed E-state index contributed by atoms with van der Waals surface area (Å²) in [5.41, 5.74) is 10.3. The Morgan fingerprint density at radius 1 is 1.25 bits per heavy atom. The molecule has 2 heterocycles. The molecule has 36 heavy (non-hydrogen) atoms. The number of nitrogens with zero attached hydrogens (tertiary/aromatic N) is 2. The predicted molar refractivity (Wildman–Crippen MR) is 145 cm³/mol. The Labute approximate surface area is 222 Å². The Kier molecular flexibility index (Phi) is 9.25. The zero-order valence-corrected chi connectivity index (χ0v) is 22.6. The standard InChI is InChI=1S/C26H37ClN6O2S/c1-16-17(2)36-26(31-16)19-5-9-21(10-6-19)33-14-23(13-30-25(34)24(12-28)32-29)35-15-22(33)11-18-3-7-20(27)8-4-18/h3-4,7-8,12,19,21-23,32H,5-6,9-11,13-15,28-29H2,1-2H3,(H,30,34)/b24-12-. The van der Waals surface area contributed by atoms with Crippen molar-refractivity contribution < 1.29 is 9.53 Å². The molecule has 6 N–H and O–H groups in total. The molecule has 1 aromatic carbocycles. The van der Waals surface area contributed by atoms with E-state index >= 15 is 0 Å². The van der Waals surface area contributed by atoms with Crippen molar-refractivity contribution in [1.82, 2.24) is 20.6 Å². The molecule has 1 saturated carbocycles. The summed E-state index contributed by atoms with van der Waals surface area (Å²) in [6.07, 6.45) is 6.53. The molecule has 1 saturated heterocycles. The number of morpholine rings is 1. The SMILES string of the molecule is Cc1nc(C2CCC(N3CC(CNC(=O)/C(=C/N)NN)OCC3Cc3ccc(Cl)cc3)CC2)sc1C. The molecular formula is C26H37ClN6O2S. The van der Waals surface area contributed by atoms with E-state index in [9.17, 15) is 4.79 Å². The number of carbonyl (C=O) groups excluding carboxylic acids is 1. The first-order chi connectivity index (χ1) is 17.4. The highest BCUT2D eigenvalue weighted by Gasteiger charge is 2.36. The number of nitrogens with two attached hydrogens (primary N) is 2. The number of aromatic nitrogens is 1. The number of ether oxygens (including phenoxy) is 1. The second-order valence-electron chi connectivity index (χ2n) is 9.77. The summed E-state index contributed by atoms with van der Waals surface area (Å²) >= 11 is 7.96. The Morgan fingerprint density at radius 3 is 2.58 bits per heavy atom. The topological polar surface area (TPSA) is 119 Å². The number of hydrazine groups is 1. The highest BCUT2D eigenvalue weighted by Crippen LogP contribution is 2.38. The highest BCUT2D eigenvalue weighted by molar-refractivity contribution is 7.11. The zero-order chi connectivity index (χ0) is 25.7. The van der Waals surface area contributed by atoms with Gasteiger partial charge in [0.05, 0.1) is 23.4 Å². The van der Waals surface area contributed by atoms with Gasteiger partial charge in [0.25, 0.3) is 5.91 Å². The minimum atomic E-state index is -0.340. The molecule has 2 aliphatic rings. The lowest BCUT2D eigenvalue weighted by atomic mass is 9.84. The average molecular weight is 533 g/mol. The maximum atomic E-state index is 12.3. The van der Waals surface area contributed by atoms with Gasteiger partial charge in [-0.15, -0.1) is 11.3 Å². The van der Waals surface area contributed by atoms with Crippen LogP contribution in [0.2, 0.25) is 5.02 Å². The number of aryl methyl sites for hydroxylation is 2. The van der Waals surface area contributed by atoms with E-state index in [1.54, 1.807) is 0 Å². The largest absolute Gasteiger partial charge is 0.403 e. The van der Waals surface area contributed by atoms with Crippen molar-refractivity contribution in [2.24, 2.45) is 11.6 Å². The van der Waals surface area contributed by atoms with E-state index in [4.69, 9.17) is 32.9 Å². The predicted octanol–water partition coefficient (Wildman–Crippen LogP) is 3.13. The molecule has 0 spiro atoms. The summed E-state index contributed by atoms with van der Waals surface area (Å²) in [5.74, 6) is 5.58. The van der Waals surface area contributed by atoms with Gasteiger partial charge in [-0.25, -0.2) is 4.98 Å². The second-order valence-corrected chi connectivity index (χ2v) is 11.4. The molecule has 2 atom stereocenters. The van der Waals surface area contributed by atoms with E-state index in [0.717, 1.165) is 55.6 Å². The Bertz CT molecular complexity index is 1030. The monoisotopic (exact) mass is 532 g/mol. The van der Waals surface area contributed by atoms with Crippen molar-refractivity contribution in [1.29, 1.82) is 0 Å². The summed E-state index contributed by atoms with van der Waals surface area (Å²) < 4.78 is 6.22. The van der Waals surface area contributed by atoms with Gasteiger partial charge >= 0.3 is 0 Å². The van der Waals surface area contributed by atoms with Crippen LogP contribution in [0.3, 0.4) is 0 Å². The van der Waals surface area contributed by atoms with Gasteiger partial charge in [-0.05, 0) is 63.6 Å². The lowest BCUT2D eigenvalue weighted by Gasteiger charge is -2.46. The van der Waals surface area contributed by atoms with Crippen LogP contribution in [0, 0.1) is 13.8 Å². The summed E-state index contributed by atoms with van der Waals surface area (Å²) in [7, 11) is 0. The number of amides is 1. The fourth-order valence-electron chi connectivity index (χ4n) is 5.24. The minimum absolute atomic E-state index is 0.103. The fraction of sp³-hybridized carbons (Fsp3) is 0.538. The van der Waals surface area contributed by atoms with E-state index in [-0.39, 0.29) is 23.8 Å². The number of halogens is 1. The molecule has 4 rings (SSSR count). The number of thiazole rings is 1. The van der Waals surface area contributed by atoms with Gasteiger partial charge in [0, 0.05) is 47.2 Å². The van der Waals surface area contributed by atoms with Crippen LogP contribution in [0.1, 0.15) is 52.7 Å². The molecule has 1 aliphatic heterocycles. The maximum absolute atomic E-state index is 12.3. The minimum Gasteiger partial charge on any atom is -0.403 e. The number of carbonyl (C=O) groups is 1. The van der Waals surface area contributed by atoms with Gasteiger partial charge in [-0.2, -0.15) is 0 Å². The summed E-state index contributed by atoms with van der Waals surface area (Å²) in [4.78, 5) is 21.1. The van der Waals surface area contributed by atoms with Crippen molar-refractivity contribution in [3.05, 3.63) is 62.3 Å². The van der Waals surface area contributed by atoms with Crippen LogP contribution in [0.4, 0.5) is 0 Å². The number of hydrogen-bond donors (Lipinski definition) is 4. The van der Waals surface area contributed by atoms with Crippen LogP contribution >= 0.6 is 22.9 Å². The van der Waals surface area contributed by atoms with Gasteiger partial charge < -0.3 is 21.2 Å². The van der Waals surface area contributed by atoms with E-state index < -0.39 is 0 Å². The molecule has 0 bridgehead atoms. The first-order valence-electron chi connectivity index (χ1n) is 12.6. The average Bonchev–Trinajstić information content (AvgIpc) is 3.23. The molecule has 196 valence electrons. The number of benzene rings is 1. The lowest BCUT2D eigenvalue weighted by Crippen LogP contribution is -2.57. The molecule has 2 aromatic rings. The molecule has 2 unspecified atom stereocenters. The summed E-state index contributed by atoms with van der Waals surface area (Å²) in [6, 6.07) is 8.83. The Balaban J connectivity index is 1.42. The van der Waals surface area contributed by atoms with Crippen molar-refractivity contribution in [2.45, 2.75) is 70.1 Å². The molecule has 1 aromatic heterocycles. The molecule has 2 fully saturated rings. The van der Waals surface area contributed by atoms with Gasteiger partial charge in [0.15, 0.2) is 0 Å². The zero-order valence-electron chi connectivity index (χ0n) is 21.0. The molecular weight excluding hydrogens is 496 g/mol. The first kappa shape index (κ1) is 26.9. The molecule has 8 nitrogen and oxygen atoms in total. The van der Waals surface area contributed by atoms with Crippen LogP contribution in [0.5, 0.6) is 0 Å². The third kappa shape index (κ3) is 6.58. The first-order valence-corrected chi connectivity index (χ1v) is 13.8. The van der Waals surface area contributed by atoms with Crippen molar-refractivity contribution in [3.63, 3.8) is 0 Å². The Hall–Kier alpha value is -2.17. The molecule has 1 aliphatic carbocycles. The van der Waals surface area contributed by atoms with Crippen LogP contribution in [0.15, 0.2) is 36.2 Å². The quantitative estimate of drug-likeness (QED) is 0.234. The molecule has 1 amide bonds. The van der Waals surface area contributed by atoms with Gasteiger partial charge in [0.1, 0.15) is 5.70 Å². The van der Waals surface area contributed by atoms with Crippen molar-refractivity contribution >= 4 is 28.8 Å². The molecule has 0 radical (unpaired) electrons. The molecule has 10 heteroatoms. The van der Waals surface area contributed by atoms with Crippen LogP contribution < -0.4 is 22.3 Å². The van der Waals surface area contributed by atoms with Crippen LogP contribution in [-0.4, -0.2) is 53.7 Å². The summed E-state index contributed by atoms with van der Waals surface area (Å²) in [5, 5.41) is 4.92. The third-order valence-electron chi connectivity index (χ3n) is 7.41. The van der Waals surface area contributed by atoms with Gasteiger partial charge in [-0.1, -0.05) is 23.7 Å². The summed E-state index contributed by atoms with van der Waals surface area (Å²) in [6.45, 7) is 6.04. The van der Waals surface area contributed by atoms with Crippen molar-refractivity contribution in [3.8, 4) is 0 Å². The second kappa shape index (κ2) is 12.4. The van der Waals surface area contributed by atoms with Crippen molar-refractivity contribution in [2.75, 3.05) is 19.7 Å². The fourth-order valence-corrected chi connectivity index (χ4v) is 6.45. The maximum Gasteiger partial charge on any atom is 0.270 e. The van der Waals surface area contributed by atoms with E-state index in [1.165, 1.54) is 15.4 Å². The van der Waals surface area contributed by atoms with E-state index in [2.05, 4.69) is 41.6 Å². The Morgan fingerprint density at radius 2 is 1.97 bits per heavy atom. The van der Waals surface area contributed by atoms with E-state index in [0.29, 0.717) is 25.1 Å². The smallest absolute Gasteiger partial charge is 0.270 e. The number of nitrogens with one attached hydrogen (secondary N) is 2. The van der Waals surface area contributed by atoms with Gasteiger partial charge in [-0.3, -0.25) is 15.5 Å². The van der Waals surface area contributed by atoms with Crippen LogP contribution in [0.25, 0.3) is 0 Å². The third-order valence-corrected chi connectivity index (χ3v) is 8.90. The van der Waals surface area contributed by atoms with Crippen LogP contribution in [-0.2, 0) is 16.0 Å². The van der Waals surface area contributed by atoms with Gasteiger partial charge in [0.2, 0.25) is 0 Å². The number of hydrogen-bond acceptors (Lipinski definition) is 8.